The summed E-state index contributed by atoms with van der Waals surface area (Å²) in [7, 11) is 0. The maximum Gasteiger partial charge on any atom is 0.224 e. The fourth-order valence-electron chi connectivity index (χ4n) is 2.14. The number of aliphatic hydroxyl groups is 2. The Balaban J connectivity index is 2.05. The highest BCUT2D eigenvalue weighted by Gasteiger charge is 2.36. The summed E-state index contributed by atoms with van der Waals surface area (Å²) in [5.41, 5.74) is 0.917. The first kappa shape index (κ1) is 13.0. The van der Waals surface area contributed by atoms with Crippen LogP contribution in [-0.4, -0.2) is 48.5 Å². The number of ether oxygens (including phenoxy) is 1. The Morgan fingerprint density at radius 1 is 1.42 bits per heavy atom. The molecule has 1 saturated heterocycles. The first-order chi connectivity index (χ1) is 9.10. The van der Waals surface area contributed by atoms with E-state index in [0.29, 0.717) is 11.2 Å². The number of aliphatic hydroxyl groups excluding tert-OH is 2. The van der Waals surface area contributed by atoms with E-state index in [1.807, 2.05) is 0 Å². The van der Waals surface area contributed by atoms with Gasteiger partial charge in [0.2, 0.25) is 10.6 Å². The molecule has 1 aliphatic heterocycles. The summed E-state index contributed by atoms with van der Waals surface area (Å²) in [6, 6.07) is 0. The van der Waals surface area contributed by atoms with E-state index in [4.69, 9.17) is 33.0 Å². The van der Waals surface area contributed by atoms with Crippen LogP contribution in [0.15, 0.2) is 6.20 Å². The zero-order valence-electron chi connectivity index (χ0n) is 9.57. The minimum absolute atomic E-state index is 0.0718. The van der Waals surface area contributed by atoms with E-state index in [-0.39, 0.29) is 23.6 Å². The van der Waals surface area contributed by atoms with Gasteiger partial charge in [-0.25, -0.2) is 9.97 Å². The van der Waals surface area contributed by atoms with Crippen molar-refractivity contribution in [2.75, 3.05) is 6.61 Å². The van der Waals surface area contributed by atoms with Crippen molar-refractivity contribution < 1.29 is 14.9 Å². The van der Waals surface area contributed by atoms with E-state index in [2.05, 4.69) is 15.0 Å². The van der Waals surface area contributed by atoms with Crippen molar-refractivity contribution in [2.45, 2.75) is 24.9 Å². The zero-order valence-corrected chi connectivity index (χ0v) is 11.1. The molecule has 0 aliphatic carbocycles. The minimum Gasteiger partial charge on any atom is -0.394 e. The third-order valence-corrected chi connectivity index (χ3v) is 3.48. The number of rotatable bonds is 2. The van der Waals surface area contributed by atoms with E-state index in [1.54, 1.807) is 0 Å². The molecule has 0 unspecified atom stereocenters. The Bertz CT molecular complexity index is 620. The number of hydrogen-bond acceptors (Lipinski definition) is 6. The molecule has 0 aromatic carbocycles. The molecule has 3 heterocycles. The van der Waals surface area contributed by atoms with Gasteiger partial charge >= 0.3 is 0 Å². The van der Waals surface area contributed by atoms with Crippen LogP contribution in [0.2, 0.25) is 10.6 Å². The van der Waals surface area contributed by atoms with Crippen LogP contribution >= 0.6 is 23.2 Å². The Labute approximate surface area is 117 Å². The second kappa shape index (κ2) is 4.84. The minimum atomic E-state index is -0.763. The van der Waals surface area contributed by atoms with Gasteiger partial charge < -0.3 is 14.9 Å². The molecule has 1 aliphatic rings. The van der Waals surface area contributed by atoms with Crippen molar-refractivity contribution in [1.29, 1.82) is 0 Å². The predicted octanol–water partition coefficient (Wildman–Crippen LogP) is 0.774. The SMILES string of the molecule is OC[C@@H]1O[C@@H](n2c(Cl)nc3cnc(Cl)nc32)C[C@H]1O. The molecule has 102 valence electrons. The van der Waals surface area contributed by atoms with Crippen LogP contribution in [0.3, 0.4) is 0 Å². The number of fused-ring (bicyclic) bond motifs is 1. The number of aromatic nitrogens is 4. The third-order valence-electron chi connectivity index (χ3n) is 3.03. The molecule has 19 heavy (non-hydrogen) atoms. The number of nitrogens with zero attached hydrogens (tertiary/aromatic N) is 4. The number of imidazole rings is 1. The molecule has 0 amide bonds. The molecule has 7 nitrogen and oxygen atoms in total. The predicted molar refractivity (Wildman–Crippen MR) is 67.0 cm³/mol. The molecule has 0 radical (unpaired) electrons. The van der Waals surface area contributed by atoms with E-state index in [1.165, 1.54) is 10.8 Å². The first-order valence-electron chi connectivity index (χ1n) is 5.60. The van der Waals surface area contributed by atoms with E-state index >= 15 is 0 Å². The second-order valence-electron chi connectivity index (χ2n) is 4.21. The van der Waals surface area contributed by atoms with Crippen molar-refractivity contribution in [1.82, 2.24) is 19.5 Å². The Morgan fingerprint density at radius 2 is 2.21 bits per heavy atom. The molecule has 2 aromatic heterocycles. The Kier molecular flexibility index (Phi) is 3.32. The Hall–Kier alpha value is -0.990. The zero-order chi connectivity index (χ0) is 13.6. The number of hydrogen-bond donors (Lipinski definition) is 2. The van der Waals surface area contributed by atoms with Gasteiger partial charge in [-0.15, -0.1) is 0 Å². The fraction of sp³-hybridized carbons (Fsp3) is 0.500. The summed E-state index contributed by atoms with van der Waals surface area (Å²) < 4.78 is 7.06. The van der Waals surface area contributed by atoms with Gasteiger partial charge in [-0.05, 0) is 23.2 Å². The third kappa shape index (κ3) is 2.17. The largest absolute Gasteiger partial charge is 0.394 e. The Morgan fingerprint density at radius 3 is 2.89 bits per heavy atom. The molecule has 2 N–H and O–H groups in total. The highest BCUT2D eigenvalue weighted by molar-refractivity contribution is 6.29. The molecule has 2 aromatic rings. The number of halogens is 2. The lowest BCUT2D eigenvalue weighted by molar-refractivity contribution is -0.0431. The maximum atomic E-state index is 9.76. The lowest BCUT2D eigenvalue weighted by Gasteiger charge is -2.14. The molecule has 3 rings (SSSR count). The summed E-state index contributed by atoms with van der Waals surface area (Å²) in [5.74, 6) is 0. The maximum absolute atomic E-state index is 9.76. The van der Waals surface area contributed by atoms with Gasteiger partial charge in [0.05, 0.1) is 18.9 Å². The lowest BCUT2D eigenvalue weighted by atomic mass is 10.2. The molecule has 0 bridgehead atoms. The lowest BCUT2D eigenvalue weighted by Crippen LogP contribution is -2.24. The monoisotopic (exact) mass is 304 g/mol. The van der Waals surface area contributed by atoms with Gasteiger partial charge in [0.1, 0.15) is 17.8 Å². The topological polar surface area (TPSA) is 93.3 Å². The van der Waals surface area contributed by atoms with Crippen molar-refractivity contribution in [3.8, 4) is 0 Å². The van der Waals surface area contributed by atoms with Gasteiger partial charge in [0, 0.05) is 6.42 Å². The average Bonchev–Trinajstić information content (AvgIpc) is 2.88. The summed E-state index contributed by atoms with van der Waals surface area (Å²) >= 11 is 11.8. The quantitative estimate of drug-likeness (QED) is 0.629. The van der Waals surface area contributed by atoms with Crippen LogP contribution in [0.1, 0.15) is 12.6 Å². The van der Waals surface area contributed by atoms with E-state index in [0.717, 1.165) is 0 Å². The first-order valence-corrected chi connectivity index (χ1v) is 6.36. The molecule has 9 heteroatoms. The normalized spacial score (nSPS) is 27.3. The summed E-state index contributed by atoms with van der Waals surface area (Å²) in [6.45, 7) is -0.266. The molecular formula is C10H10Cl2N4O3. The van der Waals surface area contributed by atoms with Crippen LogP contribution in [0, 0.1) is 0 Å². The van der Waals surface area contributed by atoms with Gasteiger partial charge in [-0.1, -0.05) is 0 Å². The van der Waals surface area contributed by atoms with Crippen LogP contribution in [-0.2, 0) is 4.74 Å². The van der Waals surface area contributed by atoms with E-state index < -0.39 is 18.4 Å². The van der Waals surface area contributed by atoms with Crippen molar-refractivity contribution >= 4 is 34.4 Å². The summed E-state index contributed by atoms with van der Waals surface area (Å²) in [5, 5.41) is 19.1. The van der Waals surface area contributed by atoms with Crippen LogP contribution < -0.4 is 0 Å². The molecular weight excluding hydrogens is 295 g/mol. The fourth-order valence-corrected chi connectivity index (χ4v) is 2.54. The van der Waals surface area contributed by atoms with Crippen LogP contribution in [0.5, 0.6) is 0 Å². The van der Waals surface area contributed by atoms with Crippen molar-refractivity contribution in [2.24, 2.45) is 0 Å². The average molecular weight is 305 g/mol. The van der Waals surface area contributed by atoms with Crippen molar-refractivity contribution in [3.05, 3.63) is 16.8 Å². The van der Waals surface area contributed by atoms with Gasteiger partial charge in [-0.2, -0.15) is 4.98 Å². The highest BCUT2D eigenvalue weighted by atomic mass is 35.5. The van der Waals surface area contributed by atoms with Crippen LogP contribution in [0.4, 0.5) is 0 Å². The smallest absolute Gasteiger partial charge is 0.224 e. The van der Waals surface area contributed by atoms with Crippen molar-refractivity contribution in [3.63, 3.8) is 0 Å². The van der Waals surface area contributed by atoms with Crippen LogP contribution in [0.25, 0.3) is 11.2 Å². The van der Waals surface area contributed by atoms with Gasteiger partial charge in [-0.3, -0.25) is 4.57 Å². The van der Waals surface area contributed by atoms with Gasteiger partial charge in [0.15, 0.2) is 5.65 Å². The molecule has 3 atom stereocenters. The molecule has 1 fully saturated rings. The van der Waals surface area contributed by atoms with E-state index in [9.17, 15) is 5.11 Å². The molecule has 0 saturated carbocycles. The highest BCUT2D eigenvalue weighted by Crippen LogP contribution is 2.33. The molecule has 0 spiro atoms. The summed E-state index contributed by atoms with van der Waals surface area (Å²) in [6.07, 6.45) is -0.202. The second-order valence-corrected chi connectivity index (χ2v) is 4.89. The van der Waals surface area contributed by atoms with Gasteiger partial charge in [0.25, 0.3) is 0 Å². The standard InChI is InChI=1S/C10H10Cl2N4O3/c11-9-13-2-4-8(15-9)16(10(12)14-4)7-1-5(18)6(3-17)19-7/h2,5-7,17-18H,1,3H2/t5-,6+,7-/m1/s1. The summed E-state index contributed by atoms with van der Waals surface area (Å²) in [4.78, 5) is 12.0.